The molecule has 0 radical (unpaired) electrons. The Labute approximate surface area is 99.8 Å². The van der Waals surface area contributed by atoms with Crippen LogP contribution in [-0.2, 0) is 4.79 Å². The largest absolute Gasteiger partial charge is 0.355 e. The van der Waals surface area contributed by atoms with Gasteiger partial charge in [-0.25, -0.2) is 0 Å². The van der Waals surface area contributed by atoms with Crippen LogP contribution in [0, 0.1) is 0 Å². The maximum Gasteiger partial charge on any atom is 0.233 e. The zero-order valence-electron chi connectivity index (χ0n) is 11.2. The molecule has 16 heavy (non-hydrogen) atoms. The number of carbonyl (C=O) groups excluding carboxylic acids is 1. The number of likely N-dealkylation sites (N-methyl/N-ethyl adjacent to an activating group) is 1. The monoisotopic (exact) mass is 229 g/mol. The molecule has 0 rings (SSSR count). The maximum absolute atomic E-state index is 11.3. The molecule has 0 saturated heterocycles. The van der Waals surface area contributed by atoms with E-state index in [4.69, 9.17) is 0 Å². The second-order valence-electron chi connectivity index (χ2n) is 4.45. The Balaban J connectivity index is 3.34. The minimum absolute atomic E-state index is 0.0978. The normalized spacial score (nSPS) is 11.1. The van der Waals surface area contributed by atoms with Crippen LogP contribution in [0.4, 0.5) is 0 Å². The van der Waals surface area contributed by atoms with E-state index in [1.54, 1.807) is 0 Å². The molecule has 0 aliphatic carbocycles. The molecule has 0 aliphatic heterocycles. The van der Waals surface area contributed by atoms with Crippen LogP contribution < -0.4 is 10.6 Å². The summed E-state index contributed by atoms with van der Waals surface area (Å²) in [5.41, 5.74) is 0. The third kappa shape index (κ3) is 8.68. The minimum atomic E-state index is 0.0978. The lowest BCUT2D eigenvalue weighted by atomic mass is 10.3. The fourth-order valence-corrected chi connectivity index (χ4v) is 1.18. The fraction of sp³-hybridized carbons (Fsp3) is 0.917. The van der Waals surface area contributed by atoms with Gasteiger partial charge in [0.05, 0.1) is 6.54 Å². The molecule has 0 aromatic carbocycles. The molecule has 2 N–H and O–H groups in total. The molecule has 4 heteroatoms. The number of amides is 1. The molecule has 0 fully saturated rings. The topological polar surface area (TPSA) is 44.4 Å². The highest BCUT2D eigenvalue weighted by molar-refractivity contribution is 5.77. The van der Waals surface area contributed by atoms with Crippen LogP contribution in [-0.4, -0.2) is 50.1 Å². The van der Waals surface area contributed by atoms with Crippen LogP contribution in [0.3, 0.4) is 0 Å². The van der Waals surface area contributed by atoms with Gasteiger partial charge in [-0.05, 0) is 27.3 Å². The van der Waals surface area contributed by atoms with Gasteiger partial charge in [0, 0.05) is 25.7 Å². The van der Waals surface area contributed by atoms with E-state index < -0.39 is 0 Å². The first-order chi connectivity index (χ1) is 7.57. The van der Waals surface area contributed by atoms with Gasteiger partial charge < -0.3 is 15.5 Å². The lowest BCUT2D eigenvalue weighted by Gasteiger charge is -2.20. The van der Waals surface area contributed by atoms with Gasteiger partial charge in [0.25, 0.3) is 0 Å². The van der Waals surface area contributed by atoms with Crippen molar-refractivity contribution in [2.45, 2.75) is 39.7 Å². The Hall–Kier alpha value is -0.610. The molecular weight excluding hydrogens is 202 g/mol. The van der Waals surface area contributed by atoms with E-state index in [0.717, 1.165) is 32.5 Å². The summed E-state index contributed by atoms with van der Waals surface area (Å²) in [7, 11) is 2.09. The van der Waals surface area contributed by atoms with Crippen LogP contribution in [0.1, 0.15) is 33.6 Å². The molecule has 0 saturated carbocycles. The van der Waals surface area contributed by atoms with Crippen LogP contribution in [0.15, 0.2) is 0 Å². The van der Waals surface area contributed by atoms with Crippen LogP contribution >= 0.6 is 0 Å². The SMILES string of the molecule is CCCCNC(=O)CNCCN(C)C(C)C. The minimum Gasteiger partial charge on any atom is -0.355 e. The summed E-state index contributed by atoms with van der Waals surface area (Å²) in [4.78, 5) is 13.6. The Bertz CT molecular complexity index is 183. The highest BCUT2D eigenvalue weighted by Crippen LogP contribution is 1.90. The predicted molar refractivity (Wildman–Crippen MR) is 68.6 cm³/mol. The van der Waals surface area contributed by atoms with E-state index in [-0.39, 0.29) is 5.91 Å². The summed E-state index contributed by atoms with van der Waals surface area (Å²) in [5, 5.41) is 6.02. The molecule has 4 nitrogen and oxygen atoms in total. The van der Waals surface area contributed by atoms with Crippen molar-refractivity contribution in [3.05, 3.63) is 0 Å². The second kappa shape index (κ2) is 9.60. The summed E-state index contributed by atoms with van der Waals surface area (Å²) < 4.78 is 0. The molecule has 96 valence electrons. The number of unbranched alkanes of at least 4 members (excludes halogenated alkanes) is 1. The molecular formula is C12H27N3O. The number of hydrogen-bond acceptors (Lipinski definition) is 3. The van der Waals surface area contributed by atoms with Crippen LogP contribution in [0.25, 0.3) is 0 Å². The van der Waals surface area contributed by atoms with Crippen LogP contribution in [0.2, 0.25) is 0 Å². The highest BCUT2D eigenvalue weighted by Gasteiger charge is 2.03. The summed E-state index contributed by atoms with van der Waals surface area (Å²) in [6.45, 7) is 9.50. The average Bonchev–Trinajstić information content (AvgIpc) is 2.24. The Morgan fingerprint density at radius 1 is 1.31 bits per heavy atom. The number of rotatable bonds is 9. The van der Waals surface area contributed by atoms with E-state index in [9.17, 15) is 4.79 Å². The lowest BCUT2D eigenvalue weighted by molar-refractivity contribution is -0.120. The quantitative estimate of drug-likeness (QED) is 0.576. The van der Waals surface area contributed by atoms with E-state index in [2.05, 4.69) is 43.4 Å². The van der Waals surface area contributed by atoms with Crippen molar-refractivity contribution >= 4 is 5.91 Å². The number of hydrogen-bond donors (Lipinski definition) is 2. The number of nitrogens with zero attached hydrogens (tertiary/aromatic N) is 1. The molecule has 0 aromatic heterocycles. The van der Waals surface area contributed by atoms with Crippen molar-refractivity contribution in [3.8, 4) is 0 Å². The van der Waals surface area contributed by atoms with Crippen molar-refractivity contribution in [1.29, 1.82) is 0 Å². The average molecular weight is 229 g/mol. The third-order valence-corrected chi connectivity index (χ3v) is 2.66. The molecule has 0 atom stereocenters. The van der Waals surface area contributed by atoms with E-state index in [1.165, 1.54) is 0 Å². The summed E-state index contributed by atoms with van der Waals surface area (Å²) in [6, 6.07) is 0.556. The van der Waals surface area contributed by atoms with Gasteiger partial charge in [-0.2, -0.15) is 0 Å². The maximum atomic E-state index is 11.3. The molecule has 0 unspecified atom stereocenters. The first-order valence-corrected chi connectivity index (χ1v) is 6.25. The first-order valence-electron chi connectivity index (χ1n) is 6.25. The van der Waals surface area contributed by atoms with Gasteiger partial charge in [-0.3, -0.25) is 4.79 Å². The second-order valence-corrected chi connectivity index (χ2v) is 4.45. The Morgan fingerprint density at radius 2 is 2.00 bits per heavy atom. The van der Waals surface area contributed by atoms with E-state index in [1.807, 2.05) is 0 Å². The first kappa shape index (κ1) is 15.4. The van der Waals surface area contributed by atoms with Crippen LogP contribution in [0.5, 0.6) is 0 Å². The van der Waals surface area contributed by atoms with Crippen molar-refractivity contribution < 1.29 is 4.79 Å². The number of carbonyl (C=O) groups is 1. The summed E-state index contributed by atoms with van der Waals surface area (Å²) in [6.07, 6.45) is 2.18. The molecule has 0 aromatic rings. The lowest BCUT2D eigenvalue weighted by Crippen LogP contribution is -2.39. The molecule has 0 aliphatic rings. The zero-order chi connectivity index (χ0) is 12.4. The molecule has 1 amide bonds. The smallest absolute Gasteiger partial charge is 0.233 e. The zero-order valence-corrected chi connectivity index (χ0v) is 11.2. The number of nitrogens with one attached hydrogen (secondary N) is 2. The van der Waals surface area contributed by atoms with Crippen molar-refractivity contribution in [2.24, 2.45) is 0 Å². The van der Waals surface area contributed by atoms with Gasteiger partial charge >= 0.3 is 0 Å². The van der Waals surface area contributed by atoms with E-state index in [0.29, 0.717) is 12.6 Å². The van der Waals surface area contributed by atoms with Crippen molar-refractivity contribution in [3.63, 3.8) is 0 Å². The predicted octanol–water partition coefficient (Wildman–Crippen LogP) is 0.833. The van der Waals surface area contributed by atoms with E-state index >= 15 is 0 Å². The standard InChI is InChI=1S/C12H27N3O/c1-5-6-7-14-12(16)10-13-8-9-15(4)11(2)3/h11,13H,5-10H2,1-4H3,(H,14,16). The van der Waals surface area contributed by atoms with Crippen molar-refractivity contribution in [2.75, 3.05) is 33.2 Å². The molecule has 0 heterocycles. The fourth-order valence-electron chi connectivity index (χ4n) is 1.18. The molecule has 0 spiro atoms. The van der Waals surface area contributed by atoms with Gasteiger partial charge in [-0.1, -0.05) is 13.3 Å². The Morgan fingerprint density at radius 3 is 2.56 bits per heavy atom. The summed E-state index contributed by atoms with van der Waals surface area (Å²) >= 11 is 0. The van der Waals surface area contributed by atoms with Crippen molar-refractivity contribution in [1.82, 2.24) is 15.5 Å². The Kier molecular flexibility index (Phi) is 9.24. The van der Waals surface area contributed by atoms with Gasteiger partial charge in [0.1, 0.15) is 0 Å². The molecule has 0 bridgehead atoms. The van der Waals surface area contributed by atoms with Gasteiger partial charge in [0.2, 0.25) is 5.91 Å². The summed E-state index contributed by atoms with van der Waals surface area (Å²) in [5.74, 6) is 0.0978. The van der Waals surface area contributed by atoms with Gasteiger partial charge in [-0.15, -0.1) is 0 Å². The highest BCUT2D eigenvalue weighted by atomic mass is 16.1. The van der Waals surface area contributed by atoms with Gasteiger partial charge in [0.15, 0.2) is 0 Å². The third-order valence-electron chi connectivity index (χ3n) is 2.66.